The molecule has 1 aromatic rings. The second kappa shape index (κ2) is 7.84. The van der Waals surface area contributed by atoms with Crippen molar-refractivity contribution in [1.82, 2.24) is 10.2 Å². The maximum absolute atomic E-state index is 12.7. The molecule has 7 heteroatoms. The van der Waals surface area contributed by atoms with E-state index in [1.165, 1.54) is 6.26 Å². The first-order valence-corrected chi connectivity index (χ1v) is 7.69. The molecule has 1 aliphatic rings. The number of hydrogen-bond donors (Lipinski definition) is 2. The molecule has 0 aliphatic carbocycles. The van der Waals surface area contributed by atoms with Gasteiger partial charge in [-0.2, -0.15) is 0 Å². The third-order valence-corrected chi connectivity index (χ3v) is 4.33. The zero-order valence-electron chi connectivity index (χ0n) is 13.9. The van der Waals surface area contributed by atoms with Gasteiger partial charge in [-0.05, 0) is 36.4 Å². The van der Waals surface area contributed by atoms with Crippen LogP contribution in [0.2, 0.25) is 0 Å². The lowest BCUT2D eigenvalue weighted by atomic mass is 9.90. The van der Waals surface area contributed by atoms with Gasteiger partial charge in [-0.25, -0.2) is 0 Å². The molecule has 3 N–H and O–H groups in total. The summed E-state index contributed by atoms with van der Waals surface area (Å²) in [5.41, 5.74) is 5.77. The highest BCUT2D eigenvalue weighted by atomic mass is 35.5. The van der Waals surface area contributed by atoms with Crippen molar-refractivity contribution in [3.8, 4) is 0 Å². The van der Waals surface area contributed by atoms with Crippen LogP contribution in [-0.2, 0) is 4.79 Å². The van der Waals surface area contributed by atoms with Crippen LogP contribution in [0.3, 0.4) is 0 Å². The highest BCUT2D eigenvalue weighted by Gasteiger charge is 2.38. The minimum absolute atomic E-state index is 0. The molecule has 2 rings (SSSR count). The fourth-order valence-corrected chi connectivity index (χ4v) is 2.71. The Morgan fingerprint density at radius 2 is 2.17 bits per heavy atom. The Kier molecular flexibility index (Phi) is 6.65. The number of carbonyl (C=O) groups excluding carboxylic acids is 2. The molecule has 6 nitrogen and oxygen atoms in total. The molecule has 2 amide bonds. The lowest BCUT2D eigenvalue weighted by Crippen LogP contribution is -2.51. The average Bonchev–Trinajstić information content (AvgIpc) is 3.13. The summed E-state index contributed by atoms with van der Waals surface area (Å²) in [6.07, 6.45) is 2.33. The summed E-state index contributed by atoms with van der Waals surface area (Å²) in [7, 11) is 0. The van der Waals surface area contributed by atoms with E-state index in [4.69, 9.17) is 10.2 Å². The average molecular weight is 344 g/mol. The monoisotopic (exact) mass is 343 g/mol. The molecule has 0 saturated carbocycles. The van der Waals surface area contributed by atoms with Crippen LogP contribution in [0, 0.1) is 11.3 Å². The molecule has 0 bridgehead atoms. The van der Waals surface area contributed by atoms with Crippen molar-refractivity contribution in [2.75, 3.05) is 19.6 Å². The van der Waals surface area contributed by atoms with E-state index in [1.54, 1.807) is 17.0 Å². The minimum Gasteiger partial charge on any atom is -0.459 e. The van der Waals surface area contributed by atoms with Crippen molar-refractivity contribution in [3.63, 3.8) is 0 Å². The molecule has 0 aromatic carbocycles. The highest BCUT2D eigenvalue weighted by molar-refractivity contribution is 5.95. The van der Waals surface area contributed by atoms with Crippen molar-refractivity contribution in [2.24, 2.45) is 17.1 Å². The summed E-state index contributed by atoms with van der Waals surface area (Å²) in [5.74, 6) is -0.201. The fraction of sp³-hybridized carbons (Fsp3) is 0.625. The van der Waals surface area contributed by atoms with Gasteiger partial charge in [-0.15, -0.1) is 12.4 Å². The van der Waals surface area contributed by atoms with Gasteiger partial charge in [0.2, 0.25) is 5.91 Å². The van der Waals surface area contributed by atoms with Gasteiger partial charge in [0, 0.05) is 13.1 Å². The van der Waals surface area contributed by atoms with E-state index < -0.39 is 6.04 Å². The van der Waals surface area contributed by atoms with E-state index in [2.05, 4.69) is 12.2 Å². The summed E-state index contributed by atoms with van der Waals surface area (Å²) in [5, 5.41) is 2.79. The van der Waals surface area contributed by atoms with E-state index in [-0.39, 0.29) is 41.3 Å². The summed E-state index contributed by atoms with van der Waals surface area (Å²) < 4.78 is 5.08. The molecule has 1 aromatic heterocycles. The molecule has 1 fully saturated rings. The molecule has 23 heavy (non-hydrogen) atoms. The third-order valence-electron chi connectivity index (χ3n) is 4.33. The summed E-state index contributed by atoms with van der Waals surface area (Å²) in [6, 6.07) is 2.67. The van der Waals surface area contributed by atoms with Gasteiger partial charge in [-0.1, -0.05) is 20.8 Å². The van der Waals surface area contributed by atoms with Crippen LogP contribution < -0.4 is 11.1 Å². The normalized spacial score (nSPS) is 21.9. The van der Waals surface area contributed by atoms with Crippen LogP contribution >= 0.6 is 12.4 Å². The Hall–Kier alpha value is -1.53. The molecule has 0 radical (unpaired) electrons. The predicted octanol–water partition coefficient (Wildman–Crippen LogP) is 1.65. The standard InChI is InChI=1S/C16H25N3O3.ClH/c1-11(2)13(18-14(20)12-5-4-8-22-12)15(21)19-7-6-16(3,9-17)10-19;/h4-5,8,11,13H,6-7,9-10,17H2,1-3H3,(H,18,20);1H. The third kappa shape index (κ3) is 4.48. The highest BCUT2D eigenvalue weighted by Crippen LogP contribution is 2.29. The first-order valence-electron chi connectivity index (χ1n) is 7.69. The minimum atomic E-state index is -0.558. The molecular weight excluding hydrogens is 318 g/mol. The summed E-state index contributed by atoms with van der Waals surface area (Å²) in [4.78, 5) is 26.7. The topological polar surface area (TPSA) is 88.6 Å². The van der Waals surface area contributed by atoms with E-state index in [0.717, 1.165) is 6.42 Å². The van der Waals surface area contributed by atoms with Gasteiger partial charge in [0.05, 0.1) is 6.26 Å². The van der Waals surface area contributed by atoms with Crippen LogP contribution in [0.1, 0.15) is 37.7 Å². The van der Waals surface area contributed by atoms with Crippen molar-refractivity contribution < 1.29 is 14.0 Å². The molecule has 2 unspecified atom stereocenters. The molecule has 1 saturated heterocycles. The molecule has 1 aliphatic heterocycles. The molecule has 2 heterocycles. The number of rotatable bonds is 5. The van der Waals surface area contributed by atoms with Crippen molar-refractivity contribution in [1.29, 1.82) is 0 Å². The quantitative estimate of drug-likeness (QED) is 0.850. The van der Waals surface area contributed by atoms with E-state index in [9.17, 15) is 9.59 Å². The summed E-state index contributed by atoms with van der Waals surface area (Å²) in [6.45, 7) is 7.81. The SMILES string of the molecule is CC(C)C(NC(=O)c1ccco1)C(=O)N1CCC(C)(CN)C1.Cl. The van der Waals surface area contributed by atoms with E-state index >= 15 is 0 Å². The number of nitrogens with zero attached hydrogens (tertiary/aromatic N) is 1. The smallest absolute Gasteiger partial charge is 0.287 e. The van der Waals surface area contributed by atoms with Crippen molar-refractivity contribution >= 4 is 24.2 Å². The number of nitrogens with one attached hydrogen (secondary N) is 1. The second-order valence-corrected chi connectivity index (χ2v) is 6.70. The van der Waals surface area contributed by atoms with Gasteiger partial charge in [0.25, 0.3) is 5.91 Å². The van der Waals surface area contributed by atoms with Crippen LogP contribution in [0.4, 0.5) is 0 Å². The molecule has 130 valence electrons. The number of likely N-dealkylation sites (tertiary alicyclic amines) is 1. The van der Waals surface area contributed by atoms with Gasteiger partial charge in [-0.3, -0.25) is 9.59 Å². The largest absolute Gasteiger partial charge is 0.459 e. The molecule has 0 spiro atoms. The molecular formula is C16H26ClN3O3. The van der Waals surface area contributed by atoms with Gasteiger partial charge >= 0.3 is 0 Å². The van der Waals surface area contributed by atoms with Crippen LogP contribution in [0.5, 0.6) is 0 Å². The zero-order chi connectivity index (χ0) is 16.3. The Morgan fingerprint density at radius 1 is 1.48 bits per heavy atom. The maximum atomic E-state index is 12.7. The zero-order valence-corrected chi connectivity index (χ0v) is 14.7. The van der Waals surface area contributed by atoms with Gasteiger partial charge in [0.15, 0.2) is 5.76 Å². The fourth-order valence-electron chi connectivity index (χ4n) is 2.71. The van der Waals surface area contributed by atoms with Crippen LogP contribution in [0.15, 0.2) is 22.8 Å². The summed E-state index contributed by atoms with van der Waals surface area (Å²) >= 11 is 0. The number of hydrogen-bond acceptors (Lipinski definition) is 4. The van der Waals surface area contributed by atoms with E-state index in [1.807, 2.05) is 13.8 Å². The number of amides is 2. The lowest BCUT2D eigenvalue weighted by molar-refractivity contribution is -0.133. The van der Waals surface area contributed by atoms with Crippen molar-refractivity contribution in [2.45, 2.75) is 33.2 Å². The van der Waals surface area contributed by atoms with Crippen molar-refractivity contribution in [3.05, 3.63) is 24.2 Å². The number of nitrogens with two attached hydrogens (primary N) is 1. The predicted molar refractivity (Wildman–Crippen MR) is 90.4 cm³/mol. The first-order chi connectivity index (χ1) is 10.4. The Labute approximate surface area is 143 Å². The van der Waals surface area contributed by atoms with E-state index in [0.29, 0.717) is 19.6 Å². The number of furan rings is 1. The lowest BCUT2D eigenvalue weighted by Gasteiger charge is -2.28. The van der Waals surface area contributed by atoms with Gasteiger partial charge < -0.3 is 20.4 Å². The number of halogens is 1. The van der Waals surface area contributed by atoms with Crippen LogP contribution in [-0.4, -0.2) is 42.4 Å². The Balaban J connectivity index is 0.00000264. The Bertz CT molecular complexity index is 533. The second-order valence-electron chi connectivity index (χ2n) is 6.70. The maximum Gasteiger partial charge on any atom is 0.287 e. The molecule has 2 atom stereocenters. The first kappa shape index (κ1) is 19.5. The Morgan fingerprint density at radius 3 is 2.65 bits per heavy atom. The van der Waals surface area contributed by atoms with Gasteiger partial charge in [0.1, 0.15) is 6.04 Å². The number of carbonyl (C=O) groups is 2. The van der Waals surface area contributed by atoms with Crippen LogP contribution in [0.25, 0.3) is 0 Å².